The van der Waals surface area contributed by atoms with Crippen LogP contribution in [0.3, 0.4) is 0 Å². The van der Waals surface area contributed by atoms with E-state index in [0.29, 0.717) is 35.4 Å². The molecule has 0 saturated carbocycles. The molecule has 0 aliphatic heterocycles. The minimum absolute atomic E-state index is 0.0389. The first-order valence-corrected chi connectivity index (χ1v) is 12.1. The smallest absolute Gasteiger partial charge is 0.264 e. The number of anilines is 1. The first kappa shape index (κ1) is 24.9. The Morgan fingerprint density at radius 3 is 2.47 bits per heavy atom. The summed E-state index contributed by atoms with van der Waals surface area (Å²) in [5.74, 6) is 0.857. The van der Waals surface area contributed by atoms with Crippen LogP contribution in [-0.4, -0.2) is 12.5 Å². The number of carbonyl (C=O) groups excluding carboxylic acids is 1. The number of hydrogen-bond acceptors (Lipinski definition) is 5. The average Bonchev–Trinajstić information content (AvgIpc) is 2.84. The molecular formula is C28H29N3O2S. The second kappa shape index (κ2) is 12.5. The lowest BCUT2D eigenvalue weighted by molar-refractivity contribution is -0.117. The van der Waals surface area contributed by atoms with Crippen molar-refractivity contribution in [1.29, 1.82) is 5.26 Å². The Morgan fingerprint density at radius 2 is 1.76 bits per heavy atom. The molecule has 0 heterocycles. The first-order valence-electron chi connectivity index (χ1n) is 11.2. The third kappa shape index (κ3) is 6.90. The maximum absolute atomic E-state index is 13.0. The fourth-order valence-electron chi connectivity index (χ4n) is 3.37. The highest BCUT2D eigenvalue weighted by Crippen LogP contribution is 2.32. The predicted molar refractivity (Wildman–Crippen MR) is 139 cm³/mol. The molecular weight excluding hydrogens is 442 g/mol. The van der Waals surface area contributed by atoms with Crippen molar-refractivity contribution in [3.63, 3.8) is 0 Å². The number of thioether (sulfide) groups is 1. The molecule has 3 aromatic carbocycles. The van der Waals surface area contributed by atoms with Gasteiger partial charge in [-0.15, -0.1) is 11.8 Å². The van der Waals surface area contributed by atoms with Gasteiger partial charge in [-0.05, 0) is 49.6 Å². The highest BCUT2D eigenvalue weighted by atomic mass is 32.2. The van der Waals surface area contributed by atoms with E-state index in [-0.39, 0.29) is 5.57 Å². The van der Waals surface area contributed by atoms with Gasteiger partial charge in [0.1, 0.15) is 17.4 Å². The van der Waals surface area contributed by atoms with Gasteiger partial charge in [0.05, 0.1) is 17.3 Å². The number of carbonyl (C=O) groups is 1. The van der Waals surface area contributed by atoms with E-state index in [1.807, 2.05) is 61.5 Å². The first-order chi connectivity index (χ1) is 16.5. The maximum atomic E-state index is 13.0. The van der Waals surface area contributed by atoms with Gasteiger partial charge in [-0.2, -0.15) is 5.26 Å². The molecule has 0 aromatic heterocycles. The minimum atomic E-state index is -0.420. The van der Waals surface area contributed by atoms with Gasteiger partial charge in [-0.25, -0.2) is 0 Å². The number of hydrogen-bond donors (Lipinski definition) is 2. The number of amides is 1. The summed E-state index contributed by atoms with van der Waals surface area (Å²) in [4.78, 5) is 13.0. The molecule has 1 amide bonds. The third-order valence-corrected chi connectivity index (χ3v) is 6.22. The van der Waals surface area contributed by atoms with Gasteiger partial charge in [-0.3, -0.25) is 4.79 Å². The molecule has 0 aliphatic carbocycles. The second-order valence-electron chi connectivity index (χ2n) is 7.76. The van der Waals surface area contributed by atoms with E-state index in [0.717, 1.165) is 11.1 Å². The zero-order valence-electron chi connectivity index (χ0n) is 19.7. The molecule has 0 spiro atoms. The number of para-hydroxylation sites is 2. The highest BCUT2D eigenvalue weighted by molar-refractivity contribution is 8.02. The average molecular weight is 472 g/mol. The third-order valence-electron chi connectivity index (χ3n) is 5.17. The molecule has 6 heteroatoms. The lowest BCUT2D eigenvalue weighted by Gasteiger charge is -2.17. The summed E-state index contributed by atoms with van der Waals surface area (Å²) >= 11 is 1.43. The number of benzene rings is 3. The zero-order chi connectivity index (χ0) is 24.3. The molecule has 3 rings (SSSR count). The van der Waals surface area contributed by atoms with Crippen LogP contribution < -0.4 is 15.4 Å². The van der Waals surface area contributed by atoms with Crippen LogP contribution in [0.1, 0.15) is 29.2 Å². The van der Waals surface area contributed by atoms with Crippen LogP contribution in [-0.2, 0) is 17.1 Å². The van der Waals surface area contributed by atoms with E-state index >= 15 is 0 Å². The van der Waals surface area contributed by atoms with E-state index in [1.165, 1.54) is 22.9 Å². The Morgan fingerprint density at radius 1 is 1.03 bits per heavy atom. The highest BCUT2D eigenvalue weighted by Gasteiger charge is 2.18. The summed E-state index contributed by atoms with van der Waals surface area (Å²) in [6, 6.07) is 25.5. The Kier molecular flexibility index (Phi) is 9.19. The number of nitrogens with one attached hydrogen (secondary N) is 2. The predicted octanol–water partition coefficient (Wildman–Crippen LogP) is 6.10. The molecule has 0 atom stereocenters. The lowest BCUT2D eigenvalue weighted by atomic mass is 10.1. The van der Waals surface area contributed by atoms with Crippen molar-refractivity contribution in [2.45, 2.75) is 33.1 Å². The standard InChI is InChI=1S/C28H29N3O2S/c1-4-33-26-13-9-8-12-25(26)31-28(34-19-23-15-14-20(2)16-21(23)3)24(17-29)27(32)30-18-22-10-6-5-7-11-22/h5-16,31H,4,18-19H2,1-3H3,(H,30,32). The van der Waals surface area contributed by atoms with Gasteiger partial charge in [0.15, 0.2) is 0 Å². The summed E-state index contributed by atoms with van der Waals surface area (Å²) < 4.78 is 5.73. The molecule has 0 saturated heterocycles. The van der Waals surface area contributed by atoms with Gasteiger partial charge in [0, 0.05) is 12.3 Å². The zero-order valence-corrected chi connectivity index (χ0v) is 20.5. The van der Waals surface area contributed by atoms with Crippen molar-refractivity contribution in [2.24, 2.45) is 0 Å². The normalized spacial score (nSPS) is 11.2. The SMILES string of the molecule is CCOc1ccccc1NC(SCc1ccc(C)cc1C)=C(C#N)C(=O)NCc1ccccc1. The molecule has 0 unspecified atom stereocenters. The largest absolute Gasteiger partial charge is 0.492 e. The molecule has 0 bridgehead atoms. The monoisotopic (exact) mass is 471 g/mol. The molecule has 174 valence electrons. The van der Waals surface area contributed by atoms with Crippen molar-refractivity contribution in [1.82, 2.24) is 5.32 Å². The summed E-state index contributed by atoms with van der Waals surface area (Å²) in [7, 11) is 0. The van der Waals surface area contributed by atoms with Crippen LogP contribution in [0.5, 0.6) is 5.75 Å². The van der Waals surface area contributed by atoms with Crippen LogP contribution in [0, 0.1) is 25.2 Å². The van der Waals surface area contributed by atoms with Crippen molar-refractivity contribution < 1.29 is 9.53 Å². The van der Waals surface area contributed by atoms with E-state index in [1.54, 1.807) is 0 Å². The Bertz CT molecular complexity index is 1200. The number of nitriles is 1. The van der Waals surface area contributed by atoms with Crippen molar-refractivity contribution in [2.75, 3.05) is 11.9 Å². The number of aryl methyl sites for hydroxylation is 2. The molecule has 34 heavy (non-hydrogen) atoms. The van der Waals surface area contributed by atoms with E-state index in [2.05, 4.69) is 48.7 Å². The number of nitrogens with zero attached hydrogens (tertiary/aromatic N) is 1. The van der Waals surface area contributed by atoms with Crippen LogP contribution in [0.15, 0.2) is 83.4 Å². The molecule has 3 aromatic rings. The summed E-state index contributed by atoms with van der Waals surface area (Å²) in [5.41, 5.74) is 5.23. The van der Waals surface area contributed by atoms with Crippen molar-refractivity contribution >= 4 is 23.4 Å². The van der Waals surface area contributed by atoms with Gasteiger partial charge in [-0.1, -0.05) is 66.2 Å². The van der Waals surface area contributed by atoms with Gasteiger partial charge >= 0.3 is 0 Å². The van der Waals surface area contributed by atoms with Crippen LogP contribution in [0.2, 0.25) is 0 Å². The molecule has 5 nitrogen and oxygen atoms in total. The molecule has 0 radical (unpaired) electrons. The second-order valence-corrected chi connectivity index (χ2v) is 8.74. The quantitative estimate of drug-likeness (QED) is 0.276. The van der Waals surface area contributed by atoms with Gasteiger partial charge in [0.2, 0.25) is 0 Å². The molecule has 2 N–H and O–H groups in total. The summed E-state index contributed by atoms with van der Waals surface area (Å²) in [6.07, 6.45) is 0. The fraction of sp³-hybridized carbons (Fsp3) is 0.214. The minimum Gasteiger partial charge on any atom is -0.492 e. The Labute approximate surface area is 205 Å². The Hall–Kier alpha value is -3.69. The van der Waals surface area contributed by atoms with E-state index in [4.69, 9.17) is 4.74 Å². The number of rotatable bonds is 10. The lowest BCUT2D eigenvalue weighted by Crippen LogP contribution is -2.25. The van der Waals surface area contributed by atoms with Crippen LogP contribution >= 0.6 is 11.8 Å². The summed E-state index contributed by atoms with van der Waals surface area (Å²) in [6.45, 7) is 6.90. The van der Waals surface area contributed by atoms with Crippen LogP contribution in [0.25, 0.3) is 0 Å². The van der Waals surface area contributed by atoms with E-state index < -0.39 is 5.91 Å². The van der Waals surface area contributed by atoms with Gasteiger partial charge in [0.25, 0.3) is 5.91 Å². The van der Waals surface area contributed by atoms with Gasteiger partial charge < -0.3 is 15.4 Å². The number of ether oxygens (including phenoxy) is 1. The van der Waals surface area contributed by atoms with Crippen LogP contribution in [0.4, 0.5) is 5.69 Å². The van der Waals surface area contributed by atoms with E-state index in [9.17, 15) is 10.1 Å². The topological polar surface area (TPSA) is 74.1 Å². The van der Waals surface area contributed by atoms with Crippen molar-refractivity contribution in [3.05, 3.63) is 106 Å². The molecule has 0 aliphatic rings. The summed E-state index contributed by atoms with van der Waals surface area (Å²) in [5, 5.41) is 16.6. The fourth-order valence-corrected chi connectivity index (χ4v) is 4.46. The molecule has 0 fully saturated rings. The Balaban J connectivity index is 1.90. The van der Waals surface area contributed by atoms with Crippen molar-refractivity contribution in [3.8, 4) is 11.8 Å². The maximum Gasteiger partial charge on any atom is 0.264 e.